The monoisotopic (exact) mass is 292 g/mol. The van der Waals surface area contributed by atoms with E-state index in [4.69, 9.17) is 4.74 Å². The summed E-state index contributed by atoms with van der Waals surface area (Å²) in [4.78, 5) is 14.6. The summed E-state index contributed by atoms with van der Waals surface area (Å²) in [7, 11) is 1.54. The van der Waals surface area contributed by atoms with Crippen LogP contribution in [-0.2, 0) is 0 Å². The van der Waals surface area contributed by atoms with Gasteiger partial charge in [-0.3, -0.25) is 4.79 Å². The number of amides is 1. The fourth-order valence-corrected chi connectivity index (χ4v) is 2.76. The van der Waals surface area contributed by atoms with E-state index in [0.29, 0.717) is 17.9 Å². The zero-order valence-electron chi connectivity index (χ0n) is 12.8. The summed E-state index contributed by atoms with van der Waals surface area (Å²) < 4.78 is 5.06. The Morgan fingerprint density at radius 3 is 2.90 bits per heavy atom. The molecule has 5 nitrogen and oxygen atoms in total. The molecule has 1 amide bonds. The van der Waals surface area contributed by atoms with E-state index in [1.165, 1.54) is 13.2 Å². The molecule has 1 heterocycles. The molecule has 0 spiro atoms. The van der Waals surface area contributed by atoms with Crippen molar-refractivity contribution in [1.29, 1.82) is 0 Å². The van der Waals surface area contributed by atoms with E-state index < -0.39 is 0 Å². The lowest BCUT2D eigenvalue weighted by atomic mass is 10.0. The maximum absolute atomic E-state index is 12.8. The van der Waals surface area contributed by atoms with Gasteiger partial charge >= 0.3 is 0 Å². The Labute approximate surface area is 125 Å². The number of carbonyl (C=O) groups is 1. The number of ether oxygens (including phenoxy) is 1. The maximum atomic E-state index is 12.8. The van der Waals surface area contributed by atoms with Gasteiger partial charge in [0.1, 0.15) is 11.5 Å². The molecule has 1 aliphatic rings. The number of phenolic OH excluding ortho intramolecular Hbond substituents is 1. The molecule has 0 aliphatic carbocycles. The molecular formula is C16H24N2O3. The minimum absolute atomic E-state index is 0.0239. The minimum Gasteiger partial charge on any atom is -0.507 e. The molecule has 2 rings (SSSR count). The van der Waals surface area contributed by atoms with Gasteiger partial charge in [0, 0.05) is 25.2 Å². The first-order valence-electron chi connectivity index (χ1n) is 7.56. The minimum atomic E-state index is -0.106. The van der Waals surface area contributed by atoms with E-state index in [2.05, 4.69) is 12.2 Å². The molecule has 1 atom stereocenters. The standard InChI is InChI=1S/C16H24N2O3/c1-3-9-18(12-5-4-8-17-11-12)16(20)14-7-6-13(21-2)10-15(14)19/h6-7,10,12,17,19H,3-5,8-9,11H2,1-2H3. The molecule has 2 N–H and O–H groups in total. The van der Waals surface area contributed by atoms with Crippen molar-refractivity contribution in [2.45, 2.75) is 32.2 Å². The van der Waals surface area contributed by atoms with Crippen molar-refractivity contribution in [3.05, 3.63) is 23.8 Å². The summed E-state index contributed by atoms with van der Waals surface area (Å²) >= 11 is 0. The molecule has 0 bridgehead atoms. The Bertz CT molecular complexity index is 484. The number of hydrogen-bond donors (Lipinski definition) is 2. The number of phenols is 1. The van der Waals surface area contributed by atoms with E-state index in [1.807, 2.05) is 4.90 Å². The Morgan fingerprint density at radius 2 is 2.33 bits per heavy atom. The number of nitrogens with one attached hydrogen (secondary N) is 1. The van der Waals surface area contributed by atoms with Crippen LogP contribution in [0.1, 0.15) is 36.5 Å². The number of nitrogens with zero attached hydrogens (tertiary/aromatic N) is 1. The Kier molecular flexibility index (Phi) is 5.44. The largest absolute Gasteiger partial charge is 0.507 e. The third-order valence-corrected chi connectivity index (χ3v) is 3.87. The van der Waals surface area contributed by atoms with Crippen LogP contribution in [0.2, 0.25) is 0 Å². The normalized spacial score (nSPS) is 18.3. The summed E-state index contributed by atoms with van der Waals surface area (Å²) in [6, 6.07) is 5.02. The third kappa shape index (κ3) is 3.67. The molecule has 0 aromatic heterocycles. The summed E-state index contributed by atoms with van der Waals surface area (Å²) in [6.07, 6.45) is 2.99. The van der Waals surface area contributed by atoms with E-state index in [9.17, 15) is 9.90 Å². The number of benzene rings is 1. The number of rotatable bonds is 5. The van der Waals surface area contributed by atoms with E-state index >= 15 is 0 Å². The average Bonchev–Trinajstić information content (AvgIpc) is 2.52. The van der Waals surface area contributed by atoms with Gasteiger partial charge in [-0.05, 0) is 37.9 Å². The van der Waals surface area contributed by atoms with Gasteiger partial charge < -0.3 is 20.1 Å². The number of aromatic hydroxyl groups is 1. The molecule has 1 aromatic rings. The molecule has 1 aromatic carbocycles. The summed E-state index contributed by atoms with van der Waals surface area (Å²) in [5, 5.41) is 13.4. The molecule has 0 saturated carbocycles. The predicted molar refractivity (Wildman–Crippen MR) is 81.9 cm³/mol. The van der Waals surface area contributed by atoms with Crippen LogP contribution in [-0.4, -0.2) is 48.7 Å². The van der Waals surface area contributed by atoms with E-state index in [1.54, 1.807) is 12.1 Å². The molecule has 1 aliphatic heterocycles. The van der Waals surface area contributed by atoms with Gasteiger partial charge in [0.25, 0.3) is 5.91 Å². The number of piperidine rings is 1. The second kappa shape index (κ2) is 7.31. The highest BCUT2D eigenvalue weighted by Gasteiger charge is 2.27. The zero-order chi connectivity index (χ0) is 15.2. The highest BCUT2D eigenvalue weighted by Crippen LogP contribution is 2.26. The van der Waals surface area contributed by atoms with Crippen molar-refractivity contribution < 1.29 is 14.6 Å². The van der Waals surface area contributed by atoms with Crippen LogP contribution in [0.25, 0.3) is 0 Å². The second-order valence-corrected chi connectivity index (χ2v) is 5.38. The van der Waals surface area contributed by atoms with Crippen LogP contribution in [0.4, 0.5) is 0 Å². The van der Waals surface area contributed by atoms with Crippen molar-refractivity contribution >= 4 is 5.91 Å². The number of carbonyl (C=O) groups excluding carboxylic acids is 1. The van der Waals surface area contributed by atoms with Crippen molar-refractivity contribution in [2.24, 2.45) is 0 Å². The average molecular weight is 292 g/mol. The van der Waals surface area contributed by atoms with Gasteiger partial charge in [0.05, 0.1) is 12.7 Å². The van der Waals surface area contributed by atoms with Crippen LogP contribution in [0.5, 0.6) is 11.5 Å². The Hall–Kier alpha value is -1.75. The fourth-order valence-electron chi connectivity index (χ4n) is 2.76. The third-order valence-electron chi connectivity index (χ3n) is 3.87. The van der Waals surface area contributed by atoms with Gasteiger partial charge in [-0.25, -0.2) is 0 Å². The molecule has 1 unspecified atom stereocenters. The highest BCUT2D eigenvalue weighted by molar-refractivity contribution is 5.97. The van der Waals surface area contributed by atoms with Crippen LogP contribution < -0.4 is 10.1 Å². The Morgan fingerprint density at radius 1 is 1.52 bits per heavy atom. The lowest BCUT2D eigenvalue weighted by molar-refractivity contribution is 0.0646. The fraction of sp³-hybridized carbons (Fsp3) is 0.562. The molecule has 21 heavy (non-hydrogen) atoms. The van der Waals surface area contributed by atoms with Crippen molar-refractivity contribution in [2.75, 3.05) is 26.7 Å². The van der Waals surface area contributed by atoms with Crippen molar-refractivity contribution in [1.82, 2.24) is 10.2 Å². The molecular weight excluding hydrogens is 268 g/mol. The smallest absolute Gasteiger partial charge is 0.257 e. The second-order valence-electron chi connectivity index (χ2n) is 5.38. The molecule has 5 heteroatoms. The van der Waals surface area contributed by atoms with Gasteiger partial charge in [0.2, 0.25) is 0 Å². The quantitative estimate of drug-likeness (QED) is 0.871. The van der Waals surface area contributed by atoms with Crippen LogP contribution in [0.3, 0.4) is 0 Å². The summed E-state index contributed by atoms with van der Waals surface area (Å²) in [6.45, 7) is 4.60. The van der Waals surface area contributed by atoms with Gasteiger partial charge in [-0.2, -0.15) is 0 Å². The topological polar surface area (TPSA) is 61.8 Å². The SMILES string of the molecule is CCCN(C(=O)c1ccc(OC)cc1O)C1CCCNC1. The first-order valence-corrected chi connectivity index (χ1v) is 7.56. The van der Waals surface area contributed by atoms with E-state index in [-0.39, 0.29) is 17.7 Å². The van der Waals surface area contributed by atoms with Crippen molar-refractivity contribution in [3.8, 4) is 11.5 Å². The molecule has 1 saturated heterocycles. The van der Waals surface area contributed by atoms with Crippen LogP contribution in [0.15, 0.2) is 18.2 Å². The first kappa shape index (κ1) is 15.6. The van der Waals surface area contributed by atoms with Crippen LogP contribution >= 0.6 is 0 Å². The lowest BCUT2D eigenvalue weighted by Gasteiger charge is -2.34. The number of hydrogen-bond acceptors (Lipinski definition) is 4. The summed E-state index contributed by atoms with van der Waals surface area (Å²) in [5.74, 6) is 0.417. The van der Waals surface area contributed by atoms with Gasteiger partial charge in [-0.15, -0.1) is 0 Å². The molecule has 1 fully saturated rings. The van der Waals surface area contributed by atoms with E-state index in [0.717, 1.165) is 32.4 Å². The van der Waals surface area contributed by atoms with Gasteiger partial charge in [0.15, 0.2) is 0 Å². The molecule has 116 valence electrons. The number of methoxy groups -OCH3 is 1. The first-order chi connectivity index (χ1) is 10.2. The zero-order valence-corrected chi connectivity index (χ0v) is 12.8. The lowest BCUT2D eigenvalue weighted by Crippen LogP contribution is -2.49. The van der Waals surface area contributed by atoms with Crippen LogP contribution in [0, 0.1) is 0 Å². The highest BCUT2D eigenvalue weighted by atomic mass is 16.5. The Balaban J connectivity index is 2.21. The van der Waals surface area contributed by atoms with Crippen molar-refractivity contribution in [3.63, 3.8) is 0 Å². The summed E-state index contributed by atoms with van der Waals surface area (Å²) in [5.41, 5.74) is 0.342. The molecule has 0 radical (unpaired) electrons. The van der Waals surface area contributed by atoms with Gasteiger partial charge in [-0.1, -0.05) is 6.92 Å². The predicted octanol–water partition coefficient (Wildman–Crippen LogP) is 2.00. The maximum Gasteiger partial charge on any atom is 0.257 e.